The Labute approximate surface area is 546 Å². The van der Waals surface area contributed by atoms with Gasteiger partial charge in [-0.3, -0.25) is 29.0 Å². The number of ether oxygens (including phenoxy) is 4. The maximum Gasteiger partial charge on any atom is 0.524 e. The molecule has 4 atom stereocenters. The molecule has 7 N–H and O–H groups in total. The monoisotopic (exact) mass is 1340 g/mol. The minimum atomic E-state index is -5.01. The van der Waals surface area contributed by atoms with Gasteiger partial charge in [0.25, 0.3) is 11.8 Å². The quantitative estimate of drug-likeness (QED) is 0.0167. The van der Waals surface area contributed by atoms with E-state index < -0.39 is 67.4 Å². The van der Waals surface area contributed by atoms with Crippen LogP contribution in [0.2, 0.25) is 0 Å². The molecule has 3 heterocycles. The molecule has 5 aromatic carbocycles. The Bertz CT molecular complexity index is 3790. The summed E-state index contributed by atoms with van der Waals surface area (Å²) in [5.41, 5.74) is 7.71. The molecule has 492 valence electrons. The van der Waals surface area contributed by atoms with Gasteiger partial charge in [-0.2, -0.15) is 0 Å². The molecule has 0 bridgehead atoms. The first kappa shape index (κ1) is 69.9. The number of nitrogens with zero attached hydrogens (tertiary/aromatic N) is 4. The highest BCUT2D eigenvalue weighted by molar-refractivity contribution is 7.46. The van der Waals surface area contributed by atoms with Crippen molar-refractivity contribution >= 4 is 129 Å². The molecular weight excluding hydrogens is 1270 g/mol. The number of rotatable bonds is 26. The van der Waals surface area contributed by atoms with Crippen LogP contribution in [0.4, 0.5) is 36.2 Å². The number of nitrogens with one attached hydrogen (secondary N) is 3. The fourth-order valence-electron chi connectivity index (χ4n) is 11.1. The predicted octanol–water partition coefficient (Wildman–Crippen LogP) is 10.7. The second-order valence-electron chi connectivity index (χ2n) is 23.7. The van der Waals surface area contributed by atoms with E-state index in [2.05, 4.69) is 16.0 Å². The molecule has 1 aromatic heterocycles. The number of hydrogen-bond donors (Lipinski definition) is 6. The van der Waals surface area contributed by atoms with Crippen LogP contribution in [0, 0.1) is 11.8 Å². The van der Waals surface area contributed by atoms with Crippen molar-refractivity contribution in [2.45, 2.75) is 84.0 Å². The number of urea groups is 1. The zero-order chi connectivity index (χ0) is 66.8. The van der Waals surface area contributed by atoms with Crippen LogP contribution in [-0.2, 0) is 35.0 Å². The van der Waals surface area contributed by atoms with Crippen LogP contribution in [-0.4, -0.2) is 151 Å². The molecule has 8 amide bonds. The molecule has 6 aromatic rings. The summed E-state index contributed by atoms with van der Waals surface area (Å²) in [6.07, 6.45) is -1.91. The minimum Gasteiger partial charge on any atom is -0.445 e. The predicted molar refractivity (Wildman–Crippen MR) is 350 cm³/mol. The fourth-order valence-corrected chi connectivity index (χ4v) is 12.9. The van der Waals surface area contributed by atoms with Crippen LogP contribution >= 0.6 is 42.4 Å². The Morgan fingerprint density at radius 2 is 1.33 bits per heavy atom. The number of alkyl halides is 2. The van der Waals surface area contributed by atoms with Crippen molar-refractivity contribution in [3.8, 4) is 11.5 Å². The molecule has 2 aliphatic heterocycles. The van der Waals surface area contributed by atoms with Crippen LogP contribution < -0.4 is 40.7 Å². The van der Waals surface area contributed by atoms with Gasteiger partial charge >= 0.3 is 32.1 Å². The molecule has 0 aliphatic carbocycles. The van der Waals surface area contributed by atoms with E-state index in [1.807, 2.05) is 12.1 Å². The number of likely N-dealkylation sites (N-methyl/N-ethyl adjacent to an activating group) is 1. The summed E-state index contributed by atoms with van der Waals surface area (Å²) in [6.45, 7) is 9.18. The first-order valence-corrected chi connectivity index (χ1v) is 33.1. The zero-order valence-electron chi connectivity index (χ0n) is 51.9. The molecular formula is C64H75Cl2N8O16PS. The second kappa shape index (κ2) is 30.6. The molecule has 8 rings (SSSR count). The average Bonchev–Trinajstić information content (AvgIpc) is 1.56. The lowest BCUT2D eigenvalue weighted by atomic mass is 9.89. The van der Waals surface area contributed by atoms with Crippen molar-refractivity contribution < 1.29 is 76.2 Å². The first-order valence-electron chi connectivity index (χ1n) is 29.7. The molecule has 24 nitrogen and oxygen atoms in total. The number of primary amides is 1. The van der Waals surface area contributed by atoms with Crippen molar-refractivity contribution in [1.29, 1.82) is 0 Å². The van der Waals surface area contributed by atoms with Gasteiger partial charge in [-0.1, -0.05) is 74.5 Å². The number of phosphoric ester groups is 1. The molecule has 0 saturated carbocycles. The van der Waals surface area contributed by atoms with E-state index in [1.165, 1.54) is 34.9 Å². The number of thiophene rings is 1. The number of methoxy groups -OCH3 is 1. The van der Waals surface area contributed by atoms with Gasteiger partial charge in [0.1, 0.15) is 23.7 Å². The summed E-state index contributed by atoms with van der Waals surface area (Å²) >= 11 is 14.1. The maximum absolute atomic E-state index is 14.7. The zero-order valence-corrected chi connectivity index (χ0v) is 55.1. The van der Waals surface area contributed by atoms with Crippen LogP contribution in [0.1, 0.15) is 102 Å². The van der Waals surface area contributed by atoms with E-state index in [-0.39, 0.29) is 122 Å². The number of nitrogens with two attached hydrogens (primary N) is 1. The van der Waals surface area contributed by atoms with E-state index in [1.54, 1.807) is 118 Å². The lowest BCUT2D eigenvalue weighted by molar-refractivity contribution is -0.128. The van der Waals surface area contributed by atoms with Gasteiger partial charge in [0.15, 0.2) is 5.78 Å². The number of phosphoric acid groups is 1. The first-order chi connectivity index (χ1) is 43.7. The SMILES string of the molecule is COCCN(CCN(C)C(=O)OCc1ccc(NC(=O)[C@H](CCCNC(N)=O)CC(=O)[C@@H](NC(=O)OC(C)(C)C)C(C)C)cc1)C(=O)Oc1cc2c(c3ccccc13)[C@H](CCl)CN2C(=O)c1ccc(C(=O)N2C[C@@H](CCl)c3c2cc(OP(=O)(O)O)c2ccccc32)s1. The van der Waals surface area contributed by atoms with E-state index in [4.69, 9.17) is 52.4 Å². The van der Waals surface area contributed by atoms with E-state index >= 15 is 0 Å². The van der Waals surface area contributed by atoms with Gasteiger partial charge in [0.2, 0.25) is 5.91 Å². The Morgan fingerprint density at radius 3 is 1.85 bits per heavy atom. The number of amides is 8. The Hall–Kier alpha value is -8.03. The Kier molecular flexibility index (Phi) is 23.2. The number of carbonyl (C=O) groups is 8. The summed E-state index contributed by atoms with van der Waals surface area (Å²) in [5, 5.41) is 10.3. The molecule has 28 heteroatoms. The topological polar surface area (TPSA) is 315 Å². The summed E-state index contributed by atoms with van der Waals surface area (Å²) in [5.74, 6) is -3.25. The van der Waals surface area contributed by atoms with Crippen molar-refractivity contribution in [2.75, 3.05) is 86.9 Å². The number of alkyl carbamates (subject to hydrolysis) is 1. The smallest absolute Gasteiger partial charge is 0.445 e. The van der Waals surface area contributed by atoms with E-state index in [0.717, 1.165) is 22.5 Å². The normalized spacial score (nSPS) is 15.1. The summed E-state index contributed by atoms with van der Waals surface area (Å²) in [6, 6.07) is 25.2. The van der Waals surface area contributed by atoms with Gasteiger partial charge in [0, 0.05) is 118 Å². The van der Waals surface area contributed by atoms with Gasteiger partial charge in [-0.15, -0.1) is 34.5 Å². The van der Waals surface area contributed by atoms with E-state index in [0.29, 0.717) is 50.6 Å². The molecule has 0 fully saturated rings. The third-order valence-electron chi connectivity index (χ3n) is 15.5. The summed E-state index contributed by atoms with van der Waals surface area (Å²) < 4.78 is 39.7. The number of carbonyl (C=O) groups excluding carboxylic acids is 8. The third kappa shape index (κ3) is 17.4. The van der Waals surface area contributed by atoms with Crippen molar-refractivity contribution in [1.82, 2.24) is 20.4 Å². The highest BCUT2D eigenvalue weighted by Crippen LogP contribution is 2.50. The van der Waals surface area contributed by atoms with Gasteiger partial charge in [-0.05, 0) is 91.3 Å². The van der Waals surface area contributed by atoms with Crippen molar-refractivity contribution in [3.05, 3.63) is 124 Å². The van der Waals surface area contributed by atoms with E-state index in [9.17, 15) is 52.7 Å². The average molecular weight is 1350 g/mol. The summed E-state index contributed by atoms with van der Waals surface area (Å²) in [7, 11) is -2.02. The molecule has 0 radical (unpaired) electrons. The van der Waals surface area contributed by atoms with Gasteiger partial charge in [-0.25, -0.2) is 23.7 Å². The van der Waals surface area contributed by atoms with Crippen LogP contribution in [0.3, 0.4) is 0 Å². The molecule has 0 saturated heterocycles. The minimum absolute atomic E-state index is 0.00939. The number of Topliss-reactive ketones (excluding diaryl/α,β-unsaturated/α-hetero) is 1. The number of fused-ring (bicyclic) bond motifs is 6. The number of halogens is 2. The number of anilines is 3. The maximum atomic E-state index is 14.7. The Morgan fingerprint density at radius 1 is 0.772 bits per heavy atom. The second-order valence-corrected chi connectivity index (χ2v) is 26.5. The van der Waals surface area contributed by atoms with Gasteiger partial charge in [0.05, 0.1) is 33.8 Å². The number of benzene rings is 5. The number of ketones is 1. The van der Waals surface area contributed by atoms with Crippen molar-refractivity contribution in [3.63, 3.8) is 0 Å². The lowest BCUT2D eigenvalue weighted by Crippen LogP contribution is -2.47. The molecule has 92 heavy (non-hydrogen) atoms. The fraction of sp³-hybridized carbons (Fsp3) is 0.406. The van der Waals surface area contributed by atoms with Gasteiger partial charge < -0.3 is 64.8 Å². The molecule has 0 spiro atoms. The molecule has 2 aliphatic rings. The standard InChI is InChI=1S/C64H75Cl2N8O16PS/c1-37(2)56(70-61(80)89-64(3,4)5)49(75)29-39(13-12-24-68-60(67)79)57(76)69-42-20-18-38(19-21-42)36-87-62(81)71(6)25-26-72(27-28-86-7)63(82)88-50-30-47-54(45-16-10-8-14-43(45)50)40(32-65)34-73(47)58(77)52-22-23-53(92-52)59(78)74-35-41(33-66)55-46-17-11-9-15-44(46)51(31-48(55)74)90-91(83,84)85/h8-11,14-23,30-31,37,39-41,56H,12-13,24-29,32-36H2,1-7H3,(H,69,76)(H,70,80)(H3,67,68,79)(H2,83,84,85)/t39-,40-,41-,56+/m1/s1. The van der Waals surface area contributed by atoms with Crippen molar-refractivity contribution in [2.24, 2.45) is 17.6 Å². The van der Waals surface area contributed by atoms with Crippen LogP contribution in [0.15, 0.2) is 97.1 Å². The highest BCUT2D eigenvalue weighted by Gasteiger charge is 2.40. The Balaban J connectivity index is 0.910. The largest absolute Gasteiger partial charge is 0.524 e. The highest BCUT2D eigenvalue weighted by atomic mass is 35.5. The molecule has 0 unspecified atom stereocenters. The van der Waals surface area contributed by atoms with Crippen LogP contribution in [0.25, 0.3) is 21.5 Å². The van der Waals surface area contributed by atoms with Crippen LogP contribution in [0.5, 0.6) is 11.5 Å². The third-order valence-corrected chi connectivity index (χ3v) is 17.8. The number of hydrogen-bond acceptors (Lipinski definition) is 15. The lowest BCUT2D eigenvalue weighted by Gasteiger charge is -2.26. The summed E-state index contributed by atoms with van der Waals surface area (Å²) in [4.78, 5) is 134.